The lowest BCUT2D eigenvalue weighted by Crippen LogP contribution is -2.14. The number of carbonyl (C=O) groups is 1. The van der Waals surface area contributed by atoms with Gasteiger partial charge in [-0.15, -0.1) is 0 Å². The highest BCUT2D eigenvalue weighted by Gasteiger charge is 2.36. The minimum atomic E-state index is -4.89. The van der Waals surface area contributed by atoms with E-state index in [0.29, 0.717) is 0 Å². The summed E-state index contributed by atoms with van der Waals surface area (Å²) < 4.78 is 61.6. The molecule has 0 spiro atoms. The molecule has 0 fully saturated rings. The van der Waals surface area contributed by atoms with Gasteiger partial charge in [-0.05, 0) is 0 Å². The number of carbonyl (C=O) groups excluding carboxylic acids is 1. The fourth-order valence-corrected chi connectivity index (χ4v) is 1.11. The molecule has 1 aromatic heterocycles. The first-order valence-electron chi connectivity index (χ1n) is 3.88. The Balaban J connectivity index is 3.50. The molecule has 16 heavy (non-hydrogen) atoms. The Morgan fingerprint density at radius 2 is 1.94 bits per heavy atom. The molecule has 3 nitrogen and oxygen atoms in total. The lowest BCUT2D eigenvalue weighted by atomic mass is 10.1. The van der Waals surface area contributed by atoms with Crippen LogP contribution in [0.25, 0.3) is 0 Å². The predicted molar refractivity (Wildman–Crippen MR) is 44.0 cm³/mol. The van der Waals surface area contributed by atoms with Gasteiger partial charge in [0.25, 0.3) is 6.43 Å². The number of aldehydes is 1. The summed E-state index contributed by atoms with van der Waals surface area (Å²) in [5, 5.41) is 0. The molecule has 1 aromatic rings. The van der Waals surface area contributed by atoms with Crippen molar-refractivity contribution in [3.05, 3.63) is 23.0 Å². The number of rotatable bonds is 2. The van der Waals surface area contributed by atoms with Crippen molar-refractivity contribution in [1.29, 1.82) is 0 Å². The van der Waals surface area contributed by atoms with Crippen LogP contribution < -0.4 is 5.73 Å². The van der Waals surface area contributed by atoms with Crippen molar-refractivity contribution in [3.63, 3.8) is 0 Å². The van der Waals surface area contributed by atoms with Crippen molar-refractivity contribution in [2.45, 2.75) is 12.6 Å². The number of pyridine rings is 1. The molecule has 0 atom stereocenters. The first-order chi connectivity index (χ1) is 7.29. The molecule has 0 aromatic carbocycles. The Kier molecular flexibility index (Phi) is 3.11. The van der Waals surface area contributed by atoms with Gasteiger partial charge in [0.15, 0.2) is 6.29 Å². The third-order valence-corrected chi connectivity index (χ3v) is 1.82. The van der Waals surface area contributed by atoms with E-state index in [1.807, 2.05) is 0 Å². The van der Waals surface area contributed by atoms with Gasteiger partial charge in [-0.25, -0.2) is 8.78 Å². The van der Waals surface area contributed by atoms with Crippen LogP contribution in [-0.2, 0) is 6.18 Å². The summed E-state index contributed by atoms with van der Waals surface area (Å²) >= 11 is 0. The van der Waals surface area contributed by atoms with E-state index in [9.17, 15) is 26.7 Å². The van der Waals surface area contributed by atoms with E-state index in [2.05, 4.69) is 4.98 Å². The summed E-state index contributed by atoms with van der Waals surface area (Å²) in [6, 6.07) is 0. The molecule has 0 unspecified atom stereocenters. The normalized spacial score (nSPS) is 11.9. The smallest absolute Gasteiger partial charge is 0.398 e. The van der Waals surface area contributed by atoms with Crippen LogP contribution in [-0.4, -0.2) is 11.3 Å². The fraction of sp³-hybridized carbons (Fsp3) is 0.250. The van der Waals surface area contributed by atoms with Gasteiger partial charge in [0, 0.05) is 6.20 Å². The SMILES string of the molecule is Nc1c(C(F)(F)F)cnc(C=O)c1C(F)F. The van der Waals surface area contributed by atoms with Gasteiger partial charge >= 0.3 is 6.18 Å². The number of nitrogens with zero attached hydrogens (tertiary/aromatic N) is 1. The topological polar surface area (TPSA) is 56.0 Å². The zero-order valence-corrected chi connectivity index (χ0v) is 7.55. The molecule has 0 saturated heterocycles. The fourth-order valence-electron chi connectivity index (χ4n) is 1.11. The molecule has 1 heterocycles. The van der Waals surface area contributed by atoms with Gasteiger partial charge in [0.1, 0.15) is 5.69 Å². The number of aromatic nitrogens is 1. The van der Waals surface area contributed by atoms with Crippen molar-refractivity contribution >= 4 is 12.0 Å². The van der Waals surface area contributed by atoms with E-state index in [4.69, 9.17) is 5.73 Å². The minimum Gasteiger partial charge on any atom is -0.398 e. The Labute approximate surface area is 86.1 Å². The summed E-state index contributed by atoms with van der Waals surface area (Å²) in [6.07, 6.45) is -8.00. The maximum absolute atomic E-state index is 12.4. The van der Waals surface area contributed by atoms with Crippen LogP contribution >= 0.6 is 0 Å². The van der Waals surface area contributed by atoms with Crippen LogP contribution in [0.3, 0.4) is 0 Å². The van der Waals surface area contributed by atoms with Crippen LogP contribution in [0.2, 0.25) is 0 Å². The number of halogens is 5. The van der Waals surface area contributed by atoms with E-state index in [0.717, 1.165) is 0 Å². The summed E-state index contributed by atoms with van der Waals surface area (Å²) in [6.45, 7) is 0. The van der Waals surface area contributed by atoms with Gasteiger partial charge in [0.05, 0.1) is 16.8 Å². The molecular formula is C8H5F5N2O. The standard InChI is InChI=1S/C8H5F5N2O/c9-7(10)5-4(2-16)15-1-3(6(5)14)8(11,12)13/h1-2,7H,(H2,14,15). The lowest BCUT2D eigenvalue weighted by Gasteiger charge is -2.13. The second-order valence-corrected chi connectivity index (χ2v) is 2.80. The molecular weight excluding hydrogens is 235 g/mol. The van der Waals surface area contributed by atoms with Crippen molar-refractivity contribution in [1.82, 2.24) is 4.98 Å². The number of anilines is 1. The average molecular weight is 240 g/mol. The van der Waals surface area contributed by atoms with Crippen LogP contribution in [0.1, 0.15) is 28.0 Å². The summed E-state index contributed by atoms with van der Waals surface area (Å²) in [7, 11) is 0. The van der Waals surface area contributed by atoms with E-state index in [1.165, 1.54) is 0 Å². The zero-order chi connectivity index (χ0) is 12.5. The Hall–Kier alpha value is -1.73. The van der Waals surface area contributed by atoms with E-state index in [-0.39, 0.29) is 12.5 Å². The van der Waals surface area contributed by atoms with E-state index < -0.39 is 35.1 Å². The Morgan fingerprint density at radius 1 is 1.38 bits per heavy atom. The second-order valence-electron chi connectivity index (χ2n) is 2.80. The molecule has 0 radical (unpaired) electrons. The first-order valence-corrected chi connectivity index (χ1v) is 3.88. The van der Waals surface area contributed by atoms with Gasteiger partial charge in [-0.2, -0.15) is 13.2 Å². The Morgan fingerprint density at radius 3 is 2.31 bits per heavy atom. The molecule has 0 bridgehead atoms. The summed E-state index contributed by atoms with van der Waals surface area (Å²) in [5.74, 6) is 0. The van der Waals surface area contributed by atoms with Crippen LogP contribution in [0, 0.1) is 0 Å². The summed E-state index contributed by atoms with van der Waals surface area (Å²) in [5.41, 5.74) is 0.321. The average Bonchev–Trinajstić information content (AvgIpc) is 2.14. The highest BCUT2D eigenvalue weighted by molar-refractivity contribution is 5.78. The molecule has 2 N–H and O–H groups in total. The van der Waals surface area contributed by atoms with Crippen molar-refractivity contribution in [3.8, 4) is 0 Å². The van der Waals surface area contributed by atoms with Crippen molar-refractivity contribution in [2.24, 2.45) is 0 Å². The maximum Gasteiger partial charge on any atom is 0.419 e. The van der Waals surface area contributed by atoms with Gasteiger partial charge < -0.3 is 5.73 Å². The number of hydrogen-bond acceptors (Lipinski definition) is 3. The first kappa shape index (κ1) is 12.3. The van der Waals surface area contributed by atoms with Crippen LogP contribution in [0.4, 0.5) is 27.6 Å². The molecule has 88 valence electrons. The third kappa shape index (κ3) is 2.10. The van der Waals surface area contributed by atoms with E-state index in [1.54, 1.807) is 0 Å². The summed E-state index contributed by atoms with van der Waals surface area (Å²) in [4.78, 5) is 13.3. The highest BCUT2D eigenvalue weighted by atomic mass is 19.4. The minimum absolute atomic E-state index is 0.0714. The number of alkyl halides is 5. The third-order valence-electron chi connectivity index (χ3n) is 1.82. The highest BCUT2D eigenvalue weighted by Crippen LogP contribution is 2.38. The largest absolute Gasteiger partial charge is 0.419 e. The number of nitrogen functional groups attached to an aromatic ring is 1. The lowest BCUT2D eigenvalue weighted by molar-refractivity contribution is -0.137. The van der Waals surface area contributed by atoms with Crippen LogP contribution in [0.5, 0.6) is 0 Å². The quantitative estimate of drug-likeness (QED) is 0.638. The molecule has 0 aliphatic heterocycles. The second kappa shape index (κ2) is 4.03. The van der Waals surface area contributed by atoms with E-state index >= 15 is 0 Å². The van der Waals surface area contributed by atoms with Gasteiger partial charge in [-0.3, -0.25) is 9.78 Å². The molecule has 1 rings (SSSR count). The van der Waals surface area contributed by atoms with Crippen molar-refractivity contribution < 1.29 is 26.7 Å². The zero-order valence-electron chi connectivity index (χ0n) is 7.55. The maximum atomic E-state index is 12.4. The molecule has 0 aliphatic rings. The number of nitrogens with two attached hydrogens (primary N) is 1. The molecule has 8 heteroatoms. The predicted octanol–water partition coefficient (Wildman–Crippen LogP) is 2.43. The van der Waals surface area contributed by atoms with Crippen molar-refractivity contribution in [2.75, 3.05) is 5.73 Å². The van der Waals surface area contributed by atoms with Gasteiger partial charge in [0.2, 0.25) is 0 Å². The molecule has 0 saturated carbocycles. The van der Waals surface area contributed by atoms with Crippen LogP contribution in [0.15, 0.2) is 6.20 Å². The molecule has 0 aliphatic carbocycles. The monoisotopic (exact) mass is 240 g/mol. The molecule has 0 amide bonds. The van der Waals surface area contributed by atoms with Gasteiger partial charge in [-0.1, -0.05) is 0 Å². The Bertz CT molecular complexity index is 416. The number of hydrogen-bond donors (Lipinski definition) is 1.